The zero-order valence-corrected chi connectivity index (χ0v) is 13.4. The molecule has 0 bridgehead atoms. The highest BCUT2D eigenvalue weighted by molar-refractivity contribution is 5.61. The van der Waals surface area contributed by atoms with Crippen LogP contribution in [0.1, 0.15) is 32.8 Å². The lowest BCUT2D eigenvalue weighted by Gasteiger charge is -2.30. The van der Waals surface area contributed by atoms with Crippen LogP contribution in [0, 0.1) is 11.8 Å². The molecule has 21 heavy (non-hydrogen) atoms. The third-order valence-electron chi connectivity index (χ3n) is 3.70. The van der Waals surface area contributed by atoms with Crippen LogP contribution in [0.5, 0.6) is 0 Å². The summed E-state index contributed by atoms with van der Waals surface area (Å²) >= 11 is 0. The summed E-state index contributed by atoms with van der Waals surface area (Å²) in [6.45, 7) is 6.14. The summed E-state index contributed by atoms with van der Waals surface area (Å²) < 4.78 is 0. The number of benzene rings is 1. The molecule has 3 nitrogen and oxygen atoms in total. The molecule has 1 rings (SSSR count). The summed E-state index contributed by atoms with van der Waals surface area (Å²) in [5.41, 5.74) is 1.74. The average Bonchev–Trinajstić information content (AvgIpc) is 2.46. The molecule has 114 valence electrons. The van der Waals surface area contributed by atoms with Gasteiger partial charge in [-0.15, -0.1) is 0 Å². The van der Waals surface area contributed by atoms with Gasteiger partial charge in [0.15, 0.2) is 0 Å². The SMILES string of the molecule is CC(C)C[C@@H](C=O)N(C)C(=C=O)C(C)Cc1ccccc1. The quantitative estimate of drug-likeness (QED) is 0.544. The van der Waals surface area contributed by atoms with E-state index in [4.69, 9.17) is 0 Å². The van der Waals surface area contributed by atoms with Gasteiger partial charge < -0.3 is 9.69 Å². The molecule has 0 spiro atoms. The molecule has 0 aliphatic rings. The summed E-state index contributed by atoms with van der Waals surface area (Å²) in [5, 5.41) is 0. The first-order valence-electron chi connectivity index (χ1n) is 7.46. The third kappa shape index (κ3) is 5.20. The van der Waals surface area contributed by atoms with Crippen molar-refractivity contribution in [1.82, 2.24) is 4.90 Å². The number of carbonyl (C=O) groups is 1. The second-order valence-electron chi connectivity index (χ2n) is 6.02. The summed E-state index contributed by atoms with van der Waals surface area (Å²) in [7, 11) is 1.81. The van der Waals surface area contributed by atoms with Crippen molar-refractivity contribution in [1.29, 1.82) is 0 Å². The number of carbonyl (C=O) groups excluding carboxylic acids is 2. The van der Waals surface area contributed by atoms with Gasteiger partial charge in [0, 0.05) is 13.0 Å². The van der Waals surface area contributed by atoms with Gasteiger partial charge in [-0.1, -0.05) is 51.1 Å². The summed E-state index contributed by atoms with van der Waals surface area (Å²) in [6, 6.07) is 9.78. The Bertz CT molecular complexity index is 489. The molecule has 0 aliphatic carbocycles. The molecule has 0 heterocycles. The van der Waals surface area contributed by atoms with Crippen LogP contribution < -0.4 is 0 Å². The zero-order valence-electron chi connectivity index (χ0n) is 13.4. The predicted molar refractivity (Wildman–Crippen MR) is 85.6 cm³/mol. The largest absolute Gasteiger partial charge is 0.359 e. The van der Waals surface area contributed by atoms with Crippen LogP contribution in [0.15, 0.2) is 36.0 Å². The Morgan fingerprint density at radius 3 is 2.33 bits per heavy atom. The van der Waals surface area contributed by atoms with Crippen LogP contribution >= 0.6 is 0 Å². The Hall–Kier alpha value is -1.86. The van der Waals surface area contributed by atoms with Gasteiger partial charge in [-0.2, -0.15) is 0 Å². The minimum atomic E-state index is -0.264. The lowest BCUT2D eigenvalue weighted by atomic mass is 9.96. The molecular formula is C18H25NO2. The van der Waals surface area contributed by atoms with Crippen molar-refractivity contribution in [2.45, 2.75) is 39.7 Å². The zero-order chi connectivity index (χ0) is 15.8. The minimum absolute atomic E-state index is 0.0320. The van der Waals surface area contributed by atoms with Crippen molar-refractivity contribution in [3.05, 3.63) is 41.6 Å². The Kier molecular flexibility index (Phi) is 6.90. The fraction of sp³-hybridized carbons (Fsp3) is 0.500. The van der Waals surface area contributed by atoms with Gasteiger partial charge >= 0.3 is 0 Å². The number of hydrogen-bond acceptors (Lipinski definition) is 3. The molecule has 1 unspecified atom stereocenters. The van der Waals surface area contributed by atoms with Crippen LogP contribution in [0.3, 0.4) is 0 Å². The number of aldehydes is 1. The summed E-state index contributed by atoms with van der Waals surface area (Å²) in [6.07, 6.45) is 2.43. The van der Waals surface area contributed by atoms with Crippen molar-refractivity contribution >= 4 is 12.2 Å². The molecule has 0 amide bonds. The maximum Gasteiger partial charge on any atom is 0.146 e. The lowest BCUT2D eigenvalue weighted by molar-refractivity contribution is -0.112. The number of hydrogen-bond donors (Lipinski definition) is 0. The molecule has 0 radical (unpaired) electrons. The molecule has 0 N–H and O–H groups in total. The van der Waals surface area contributed by atoms with E-state index in [1.807, 2.05) is 50.2 Å². The second-order valence-corrected chi connectivity index (χ2v) is 6.02. The van der Waals surface area contributed by atoms with Crippen molar-refractivity contribution in [3.63, 3.8) is 0 Å². The average molecular weight is 287 g/mol. The molecule has 1 aromatic rings. The topological polar surface area (TPSA) is 37.4 Å². The summed E-state index contributed by atoms with van der Waals surface area (Å²) in [4.78, 5) is 24.4. The third-order valence-corrected chi connectivity index (χ3v) is 3.70. The van der Waals surface area contributed by atoms with E-state index in [2.05, 4.69) is 13.8 Å². The van der Waals surface area contributed by atoms with Gasteiger partial charge in [-0.3, -0.25) is 0 Å². The standard InChI is InChI=1S/C18H25NO2/c1-14(2)10-17(12-20)19(4)18(13-21)15(3)11-16-8-6-5-7-9-16/h5-9,12,14-15,17H,10-11H2,1-4H3/t15?,17-/m0/s1. The molecule has 0 saturated carbocycles. The smallest absolute Gasteiger partial charge is 0.146 e. The monoisotopic (exact) mass is 287 g/mol. The highest BCUT2D eigenvalue weighted by Gasteiger charge is 2.22. The molecule has 0 aromatic heterocycles. The van der Waals surface area contributed by atoms with Gasteiger partial charge in [0.2, 0.25) is 0 Å². The normalized spacial score (nSPS) is 13.4. The van der Waals surface area contributed by atoms with Crippen molar-refractivity contribution in [2.24, 2.45) is 11.8 Å². The Labute approximate surface area is 127 Å². The lowest BCUT2D eigenvalue weighted by Crippen LogP contribution is -2.36. The van der Waals surface area contributed by atoms with E-state index >= 15 is 0 Å². The minimum Gasteiger partial charge on any atom is -0.359 e. The van der Waals surface area contributed by atoms with Crippen molar-refractivity contribution in [3.8, 4) is 0 Å². The summed E-state index contributed by atoms with van der Waals surface area (Å²) in [5.74, 6) is 2.48. The van der Waals surface area contributed by atoms with Gasteiger partial charge in [-0.25, -0.2) is 4.79 Å². The fourth-order valence-electron chi connectivity index (χ4n) is 2.55. The maximum absolute atomic E-state index is 11.4. The molecule has 0 saturated heterocycles. The van der Waals surface area contributed by atoms with Crippen molar-refractivity contribution < 1.29 is 9.59 Å². The molecule has 0 fully saturated rings. The molecular weight excluding hydrogens is 262 g/mol. The Balaban J connectivity index is 2.81. The van der Waals surface area contributed by atoms with E-state index in [-0.39, 0.29) is 12.0 Å². The number of rotatable bonds is 8. The van der Waals surface area contributed by atoms with Gasteiger partial charge in [-0.05, 0) is 24.3 Å². The predicted octanol–water partition coefficient (Wildman–Crippen LogP) is 3.13. The first kappa shape index (κ1) is 17.2. The first-order chi connectivity index (χ1) is 9.99. The Morgan fingerprint density at radius 1 is 1.24 bits per heavy atom. The van der Waals surface area contributed by atoms with Crippen LogP contribution in [0.25, 0.3) is 0 Å². The second kappa shape index (κ2) is 8.43. The molecule has 2 atom stereocenters. The Morgan fingerprint density at radius 2 is 1.86 bits per heavy atom. The highest BCUT2D eigenvalue weighted by atomic mass is 16.1. The van der Waals surface area contributed by atoms with E-state index in [0.717, 1.165) is 19.1 Å². The van der Waals surface area contributed by atoms with Gasteiger partial charge in [0.05, 0.1) is 6.04 Å². The van der Waals surface area contributed by atoms with Crippen LogP contribution in [-0.2, 0) is 16.0 Å². The van der Waals surface area contributed by atoms with Crippen LogP contribution in [-0.4, -0.2) is 30.2 Å². The highest BCUT2D eigenvalue weighted by Crippen LogP contribution is 2.21. The van der Waals surface area contributed by atoms with Crippen LogP contribution in [0.4, 0.5) is 0 Å². The molecule has 3 heteroatoms. The van der Waals surface area contributed by atoms with Crippen molar-refractivity contribution in [2.75, 3.05) is 7.05 Å². The maximum atomic E-state index is 11.4. The van der Waals surface area contributed by atoms with E-state index in [0.29, 0.717) is 11.6 Å². The van der Waals surface area contributed by atoms with Gasteiger partial charge in [0.25, 0.3) is 0 Å². The number of allylic oxidation sites excluding steroid dienone is 1. The van der Waals surface area contributed by atoms with Crippen LogP contribution in [0.2, 0.25) is 0 Å². The molecule has 0 aliphatic heterocycles. The van der Waals surface area contributed by atoms with E-state index < -0.39 is 0 Å². The van der Waals surface area contributed by atoms with Gasteiger partial charge in [0.1, 0.15) is 17.9 Å². The first-order valence-corrected chi connectivity index (χ1v) is 7.46. The van der Waals surface area contributed by atoms with E-state index in [1.54, 1.807) is 4.90 Å². The number of likely N-dealkylation sites (N-methyl/N-ethyl adjacent to an activating group) is 1. The fourth-order valence-corrected chi connectivity index (χ4v) is 2.55. The molecule has 1 aromatic carbocycles. The van der Waals surface area contributed by atoms with E-state index in [9.17, 15) is 9.59 Å². The van der Waals surface area contributed by atoms with E-state index in [1.165, 1.54) is 5.56 Å². The number of nitrogens with zero attached hydrogens (tertiary/aromatic N) is 1.